The Morgan fingerprint density at radius 2 is 1.89 bits per heavy atom. The number of ether oxygens (including phenoxy) is 3. The van der Waals surface area contributed by atoms with Crippen molar-refractivity contribution in [2.45, 2.75) is 50.4 Å². The number of halogens is 1. The number of unbranched alkanes of at least 4 members (excludes halogenated alkanes) is 2. The second-order valence-electron chi connectivity index (χ2n) is 9.34. The predicted molar refractivity (Wildman–Crippen MR) is 132 cm³/mol. The van der Waals surface area contributed by atoms with Gasteiger partial charge in [-0.3, -0.25) is 9.69 Å². The summed E-state index contributed by atoms with van der Waals surface area (Å²) in [4.78, 5) is 14.8. The fourth-order valence-electron chi connectivity index (χ4n) is 4.52. The van der Waals surface area contributed by atoms with E-state index in [1.807, 2.05) is 0 Å². The van der Waals surface area contributed by atoms with E-state index in [-0.39, 0.29) is 17.8 Å². The lowest BCUT2D eigenvalue weighted by atomic mass is 10.0. The number of benzene rings is 2. The summed E-state index contributed by atoms with van der Waals surface area (Å²) in [6.45, 7) is 3.11. The van der Waals surface area contributed by atoms with E-state index < -0.39 is 12.1 Å². The van der Waals surface area contributed by atoms with Crippen LogP contribution in [0.15, 0.2) is 42.5 Å². The van der Waals surface area contributed by atoms with Crippen LogP contribution in [0, 0.1) is 5.82 Å². The topological polar surface area (TPSA) is 100 Å². The molecule has 3 N–H and O–H groups in total. The molecule has 2 aromatic rings. The van der Waals surface area contributed by atoms with Crippen LogP contribution in [-0.4, -0.2) is 72.6 Å². The highest BCUT2D eigenvalue weighted by Gasteiger charge is 2.29. The number of nitrogens with zero attached hydrogens (tertiary/aromatic N) is 1. The standard InChI is InChI=1S/C27H35FN2O6/c28-20-6-8-22(9-7-20)34-13-3-1-2-4-26(32)29-23(18-30-12-11-21(31)17-30)27(33)19-5-10-24-25(16-19)36-15-14-35-24/h5-10,16,21,23,27,31,33H,1-4,11-15,17-18H2,(H,29,32)/t21-,23+,27+/m0/s1. The van der Waals surface area contributed by atoms with Crippen LogP contribution in [0.4, 0.5) is 4.39 Å². The summed E-state index contributed by atoms with van der Waals surface area (Å²) in [5.41, 5.74) is 0.641. The molecule has 2 aromatic carbocycles. The number of carbonyl (C=O) groups is 1. The van der Waals surface area contributed by atoms with Gasteiger partial charge >= 0.3 is 0 Å². The molecule has 9 heteroatoms. The molecule has 1 fully saturated rings. The quantitative estimate of drug-likeness (QED) is 0.384. The van der Waals surface area contributed by atoms with Gasteiger partial charge in [0.25, 0.3) is 0 Å². The molecule has 36 heavy (non-hydrogen) atoms. The van der Waals surface area contributed by atoms with Crippen LogP contribution in [0.25, 0.3) is 0 Å². The third-order valence-corrected chi connectivity index (χ3v) is 6.47. The van der Waals surface area contributed by atoms with E-state index in [0.29, 0.717) is 75.0 Å². The lowest BCUT2D eigenvalue weighted by Gasteiger charge is -2.29. The Kier molecular flexibility index (Phi) is 9.38. The lowest BCUT2D eigenvalue weighted by molar-refractivity contribution is -0.123. The monoisotopic (exact) mass is 502 g/mol. The van der Waals surface area contributed by atoms with Crippen molar-refractivity contribution in [2.24, 2.45) is 0 Å². The highest BCUT2D eigenvalue weighted by atomic mass is 19.1. The molecule has 2 heterocycles. The summed E-state index contributed by atoms with van der Waals surface area (Å²) in [6.07, 6.45) is 1.97. The number of carbonyl (C=O) groups excluding carboxylic acids is 1. The van der Waals surface area contributed by atoms with Crippen LogP contribution < -0.4 is 19.5 Å². The van der Waals surface area contributed by atoms with Crippen LogP contribution in [-0.2, 0) is 4.79 Å². The first-order chi connectivity index (χ1) is 17.5. The molecular weight excluding hydrogens is 467 g/mol. The number of hydrogen-bond acceptors (Lipinski definition) is 7. The minimum atomic E-state index is -0.938. The maximum absolute atomic E-state index is 13.0. The van der Waals surface area contributed by atoms with Crippen LogP contribution >= 0.6 is 0 Å². The molecule has 196 valence electrons. The second kappa shape index (κ2) is 12.9. The van der Waals surface area contributed by atoms with E-state index >= 15 is 0 Å². The van der Waals surface area contributed by atoms with Gasteiger partial charge in [-0.25, -0.2) is 4.39 Å². The second-order valence-corrected chi connectivity index (χ2v) is 9.34. The van der Waals surface area contributed by atoms with E-state index in [9.17, 15) is 19.4 Å². The summed E-state index contributed by atoms with van der Waals surface area (Å²) >= 11 is 0. The van der Waals surface area contributed by atoms with Gasteiger partial charge in [0, 0.05) is 26.1 Å². The van der Waals surface area contributed by atoms with Crippen molar-refractivity contribution in [3.63, 3.8) is 0 Å². The van der Waals surface area contributed by atoms with Crippen molar-refractivity contribution in [1.29, 1.82) is 0 Å². The van der Waals surface area contributed by atoms with Gasteiger partial charge in [-0.15, -0.1) is 0 Å². The minimum absolute atomic E-state index is 0.129. The molecule has 0 unspecified atom stereocenters. The molecule has 0 aromatic heterocycles. The van der Waals surface area contributed by atoms with E-state index in [0.717, 1.165) is 19.4 Å². The van der Waals surface area contributed by atoms with Gasteiger partial charge in [0.1, 0.15) is 30.9 Å². The Bertz CT molecular complexity index is 989. The van der Waals surface area contributed by atoms with Gasteiger partial charge in [-0.2, -0.15) is 0 Å². The van der Waals surface area contributed by atoms with Gasteiger partial charge in [0.2, 0.25) is 5.91 Å². The third kappa shape index (κ3) is 7.56. The molecule has 4 rings (SSSR count). The van der Waals surface area contributed by atoms with Crippen molar-refractivity contribution in [3.05, 3.63) is 53.8 Å². The van der Waals surface area contributed by atoms with Crippen molar-refractivity contribution >= 4 is 5.91 Å². The van der Waals surface area contributed by atoms with Gasteiger partial charge < -0.3 is 29.7 Å². The summed E-state index contributed by atoms with van der Waals surface area (Å²) in [6, 6.07) is 10.7. The molecule has 1 amide bonds. The Balaban J connectivity index is 1.27. The fourth-order valence-corrected chi connectivity index (χ4v) is 4.52. The molecular formula is C27H35FN2O6. The first kappa shape index (κ1) is 26.2. The average molecular weight is 503 g/mol. The smallest absolute Gasteiger partial charge is 0.220 e. The highest BCUT2D eigenvalue weighted by Crippen LogP contribution is 2.33. The zero-order valence-corrected chi connectivity index (χ0v) is 20.4. The molecule has 3 atom stereocenters. The first-order valence-corrected chi connectivity index (χ1v) is 12.6. The summed E-state index contributed by atoms with van der Waals surface area (Å²) in [5.74, 6) is 1.42. The predicted octanol–water partition coefficient (Wildman–Crippen LogP) is 2.82. The Hall–Kier alpha value is -2.88. The molecule has 0 aliphatic carbocycles. The van der Waals surface area contributed by atoms with E-state index in [1.165, 1.54) is 12.1 Å². The molecule has 2 aliphatic rings. The van der Waals surface area contributed by atoms with E-state index in [4.69, 9.17) is 14.2 Å². The number of amides is 1. The molecule has 0 bridgehead atoms. The number of likely N-dealkylation sites (tertiary alicyclic amines) is 1. The summed E-state index contributed by atoms with van der Waals surface area (Å²) in [5, 5.41) is 24.1. The maximum Gasteiger partial charge on any atom is 0.220 e. The molecule has 0 saturated carbocycles. The number of hydrogen-bond donors (Lipinski definition) is 3. The Labute approximate surface area is 211 Å². The SMILES string of the molecule is O=C(CCCCCOc1ccc(F)cc1)N[C@H](CN1CC[C@H](O)C1)[C@H](O)c1ccc2c(c1)OCCO2. The van der Waals surface area contributed by atoms with Gasteiger partial charge in [0.15, 0.2) is 11.5 Å². The largest absolute Gasteiger partial charge is 0.494 e. The number of rotatable bonds is 12. The normalized spacial score (nSPS) is 19.0. The van der Waals surface area contributed by atoms with Crippen molar-refractivity contribution in [1.82, 2.24) is 10.2 Å². The maximum atomic E-state index is 13.0. The van der Waals surface area contributed by atoms with Crippen molar-refractivity contribution in [3.8, 4) is 17.2 Å². The molecule has 1 saturated heterocycles. The van der Waals surface area contributed by atoms with Gasteiger partial charge in [0.05, 0.1) is 18.8 Å². The van der Waals surface area contributed by atoms with E-state index in [1.54, 1.807) is 30.3 Å². The molecule has 8 nitrogen and oxygen atoms in total. The van der Waals surface area contributed by atoms with Gasteiger partial charge in [-0.1, -0.05) is 6.07 Å². The highest BCUT2D eigenvalue weighted by molar-refractivity contribution is 5.76. The first-order valence-electron chi connectivity index (χ1n) is 12.6. The zero-order chi connectivity index (χ0) is 25.3. The summed E-state index contributed by atoms with van der Waals surface area (Å²) < 4.78 is 29.8. The fraction of sp³-hybridized carbons (Fsp3) is 0.519. The molecule has 2 aliphatic heterocycles. The van der Waals surface area contributed by atoms with Crippen LogP contribution in [0.3, 0.4) is 0 Å². The number of aliphatic hydroxyl groups is 2. The number of fused-ring (bicyclic) bond motifs is 1. The van der Waals surface area contributed by atoms with Crippen molar-refractivity contribution in [2.75, 3.05) is 39.5 Å². The number of aliphatic hydroxyl groups excluding tert-OH is 2. The Morgan fingerprint density at radius 3 is 2.64 bits per heavy atom. The third-order valence-electron chi connectivity index (χ3n) is 6.47. The number of nitrogens with one attached hydrogen (secondary N) is 1. The molecule has 0 spiro atoms. The van der Waals surface area contributed by atoms with Crippen LogP contribution in [0.5, 0.6) is 17.2 Å². The number of β-amino-alcohol motifs (C(OH)–C–C–N with tert-alkyl or cyclic N) is 1. The zero-order valence-electron chi connectivity index (χ0n) is 20.4. The Morgan fingerprint density at radius 1 is 1.11 bits per heavy atom. The molecule has 0 radical (unpaired) electrons. The van der Waals surface area contributed by atoms with Crippen molar-refractivity contribution < 1.29 is 33.6 Å². The van der Waals surface area contributed by atoms with Crippen LogP contribution in [0.1, 0.15) is 43.8 Å². The lowest BCUT2D eigenvalue weighted by Crippen LogP contribution is -2.47. The van der Waals surface area contributed by atoms with E-state index in [2.05, 4.69) is 10.2 Å². The summed E-state index contributed by atoms with van der Waals surface area (Å²) in [7, 11) is 0. The van der Waals surface area contributed by atoms with Crippen LogP contribution in [0.2, 0.25) is 0 Å². The van der Waals surface area contributed by atoms with Gasteiger partial charge in [-0.05, 0) is 67.6 Å². The minimum Gasteiger partial charge on any atom is -0.494 e. The average Bonchev–Trinajstić information content (AvgIpc) is 3.30.